The van der Waals surface area contributed by atoms with Crippen LogP contribution in [0.25, 0.3) is 0 Å². The zero-order valence-corrected chi connectivity index (χ0v) is 20.2. The number of rotatable bonds is 2. The number of ketones is 1. The van der Waals surface area contributed by atoms with Gasteiger partial charge in [0.05, 0.1) is 29.8 Å². The van der Waals surface area contributed by atoms with E-state index in [0.717, 1.165) is 5.57 Å². The Morgan fingerprint density at radius 3 is 2.44 bits per heavy atom. The van der Waals surface area contributed by atoms with Gasteiger partial charge in [-0.25, -0.2) is 4.79 Å². The van der Waals surface area contributed by atoms with Crippen molar-refractivity contribution in [2.24, 2.45) is 22.7 Å². The van der Waals surface area contributed by atoms with Crippen LogP contribution in [0.4, 0.5) is 0 Å². The van der Waals surface area contributed by atoms with Crippen molar-refractivity contribution in [3.63, 3.8) is 0 Å². The first-order valence-corrected chi connectivity index (χ1v) is 12.1. The summed E-state index contributed by atoms with van der Waals surface area (Å²) in [5.41, 5.74) is -2.36. The van der Waals surface area contributed by atoms with E-state index in [4.69, 9.17) is 9.47 Å². The molecular weight excluding hydrogens is 436 g/mol. The molecule has 0 amide bonds. The van der Waals surface area contributed by atoms with Gasteiger partial charge in [-0.3, -0.25) is 4.79 Å². The summed E-state index contributed by atoms with van der Waals surface area (Å²) in [4.78, 5) is 27.3. The minimum atomic E-state index is -1.56. The molecule has 184 valence electrons. The number of Topliss-reactive ketones (excluding diaryl/α,β-unsaturated/α-hetero) is 1. The first kappa shape index (κ1) is 23.7. The van der Waals surface area contributed by atoms with Gasteiger partial charge in [0.1, 0.15) is 17.8 Å². The monoisotopic (exact) mass is 470 g/mol. The SMILES string of the molecule is CC1=C2C(O)C(=O)C3(C)C(O)CC4OCC4C3C(OC(=O)c3ccccc3)C(O)(CC1)C2(C)C. The van der Waals surface area contributed by atoms with Crippen LogP contribution < -0.4 is 0 Å². The molecule has 5 rings (SSSR count). The summed E-state index contributed by atoms with van der Waals surface area (Å²) in [5.74, 6) is -1.97. The van der Waals surface area contributed by atoms with Gasteiger partial charge >= 0.3 is 5.97 Å². The van der Waals surface area contributed by atoms with Crippen molar-refractivity contribution in [2.75, 3.05) is 6.61 Å². The predicted octanol–water partition coefficient (Wildman–Crippen LogP) is 2.43. The molecule has 3 aliphatic carbocycles. The first-order chi connectivity index (χ1) is 15.9. The average Bonchev–Trinajstić information content (AvgIpc) is 2.79. The normalized spacial score (nSPS) is 43.1. The van der Waals surface area contributed by atoms with E-state index < -0.39 is 52.4 Å². The van der Waals surface area contributed by atoms with Gasteiger partial charge in [-0.2, -0.15) is 0 Å². The van der Waals surface area contributed by atoms with E-state index >= 15 is 0 Å². The molecule has 4 aliphatic rings. The van der Waals surface area contributed by atoms with Gasteiger partial charge in [0.15, 0.2) is 5.78 Å². The van der Waals surface area contributed by atoms with Crippen LogP contribution in [-0.4, -0.2) is 63.7 Å². The molecule has 1 aromatic rings. The van der Waals surface area contributed by atoms with Gasteiger partial charge in [-0.05, 0) is 44.4 Å². The Labute approximate surface area is 199 Å². The average molecular weight is 471 g/mol. The quantitative estimate of drug-likeness (QED) is 0.449. The van der Waals surface area contributed by atoms with E-state index in [1.807, 2.05) is 20.8 Å². The Morgan fingerprint density at radius 1 is 1.15 bits per heavy atom. The van der Waals surface area contributed by atoms with Crippen molar-refractivity contribution in [3.8, 4) is 0 Å². The van der Waals surface area contributed by atoms with Crippen molar-refractivity contribution in [1.29, 1.82) is 0 Å². The summed E-state index contributed by atoms with van der Waals surface area (Å²) in [6.45, 7) is 7.48. The number of esters is 1. The highest BCUT2D eigenvalue weighted by atomic mass is 16.6. The molecule has 1 saturated heterocycles. The second-order valence-corrected chi connectivity index (χ2v) is 11.3. The number of ether oxygens (including phenoxy) is 2. The van der Waals surface area contributed by atoms with E-state index in [9.17, 15) is 24.9 Å². The van der Waals surface area contributed by atoms with Crippen LogP contribution in [0, 0.1) is 22.7 Å². The van der Waals surface area contributed by atoms with Crippen LogP contribution in [0.1, 0.15) is 57.3 Å². The third-order valence-electron chi connectivity index (χ3n) is 9.47. The fourth-order valence-electron chi connectivity index (χ4n) is 7.24. The predicted molar refractivity (Wildman–Crippen MR) is 123 cm³/mol. The highest BCUT2D eigenvalue weighted by Crippen LogP contribution is 2.61. The number of hydrogen-bond donors (Lipinski definition) is 3. The number of carbonyl (C=O) groups excluding carboxylic acids is 2. The van der Waals surface area contributed by atoms with E-state index in [1.54, 1.807) is 37.3 Å². The van der Waals surface area contributed by atoms with E-state index in [2.05, 4.69) is 0 Å². The maximum absolute atomic E-state index is 14.0. The zero-order valence-electron chi connectivity index (χ0n) is 20.2. The van der Waals surface area contributed by atoms with Gasteiger partial charge in [-0.1, -0.05) is 37.6 Å². The molecule has 34 heavy (non-hydrogen) atoms. The molecule has 7 heteroatoms. The summed E-state index contributed by atoms with van der Waals surface area (Å²) in [6, 6.07) is 8.58. The standard InChI is InChI=1S/C27H34O7/c1-14-10-11-27(32)23(34-24(31)15-8-6-5-7-9-15)20-16-13-33-17(16)12-18(28)26(20,4)22(30)21(29)19(14)25(27,2)3/h5-9,16-18,20-21,23,28-29,32H,10-13H2,1-4H3. The van der Waals surface area contributed by atoms with Gasteiger partial charge < -0.3 is 24.8 Å². The van der Waals surface area contributed by atoms with Crippen molar-refractivity contribution in [3.05, 3.63) is 47.0 Å². The van der Waals surface area contributed by atoms with E-state index in [-0.39, 0.29) is 18.4 Å². The van der Waals surface area contributed by atoms with Gasteiger partial charge in [0.25, 0.3) is 0 Å². The third-order valence-corrected chi connectivity index (χ3v) is 9.47. The maximum atomic E-state index is 14.0. The summed E-state index contributed by atoms with van der Waals surface area (Å²) < 4.78 is 11.9. The van der Waals surface area contributed by atoms with E-state index in [1.165, 1.54) is 0 Å². The Hall–Kier alpha value is -2.06. The molecular formula is C27H34O7. The summed E-state index contributed by atoms with van der Waals surface area (Å²) in [7, 11) is 0. The molecule has 2 bridgehead atoms. The molecule has 1 aromatic carbocycles. The molecule has 1 heterocycles. The molecule has 3 fully saturated rings. The zero-order chi connectivity index (χ0) is 24.6. The van der Waals surface area contributed by atoms with Crippen molar-refractivity contribution in [1.82, 2.24) is 0 Å². The molecule has 7 nitrogen and oxygen atoms in total. The number of allylic oxidation sites excluding steroid dienone is 1. The van der Waals surface area contributed by atoms with Crippen molar-refractivity contribution >= 4 is 11.8 Å². The second kappa shape index (κ2) is 7.72. The van der Waals surface area contributed by atoms with Crippen molar-refractivity contribution < 1.29 is 34.4 Å². The smallest absolute Gasteiger partial charge is 0.338 e. The molecule has 0 spiro atoms. The third kappa shape index (κ3) is 2.97. The maximum Gasteiger partial charge on any atom is 0.338 e. The minimum absolute atomic E-state index is 0.188. The summed E-state index contributed by atoms with van der Waals surface area (Å²) in [6.07, 6.45) is -2.89. The Morgan fingerprint density at radius 2 is 1.82 bits per heavy atom. The minimum Gasteiger partial charge on any atom is -0.455 e. The molecule has 1 aliphatic heterocycles. The lowest BCUT2D eigenvalue weighted by Gasteiger charge is -2.64. The Bertz CT molecular complexity index is 1050. The van der Waals surface area contributed by atoms with Crippen molar-refractivity contribution in [2.45, 2.75) is 77.0 Å². The highest BCUT2D eigenvalue weighted by molar-refractivity contribution is 5.93. The lowest BCUT2D eigenvalue weighted by atomic mass is 9.46. The molecule has 8 atom stereocenters. The molecule has 0 radical (unpaired) electrons. The molecule has 0 aromatic heterocycles. The Balaban J connectivity index is 1.72. The van der Waals surface area contributed by atoms with E-state index in [0.29, 0.717) is 30.6 Å². The number of benzene rings is 1. The van der Waals surface area contributed by atoms with Crippen LogP contribution in [0.2, 0.25) is 0 Å². The first-order valence-electron chi connectivity index (χ1n) is 12.1. The number of fused-ring (bicyclic) bond motifs is 5. The van der Waals surface area contributed by atoms with Gasteiger partial charge in [0.2, 0.25) is 0 Å². The topological polar surface area (TPSA) is 113 Å². The summed E-state index contributed by atoms with van der Waals surface area (Å²) >= 11 is 0. The fraction of sp³-hybridized carbons (Fsp3) is 0.630. The number of carbonyl (C=O) groups is 2. The largest absolute Gasteiger partial charge is 0.455 e. The van der Waals surface area contributed by atoms with Crippen LogP contribution in [-0.2, 0) is 14.3 Å². The van der Waals surface area contributed by atoms with Crippen LogP contribution in [0.3, 0.4) is 0 Å². The lowest BCUT2D eigenvalue weighted by Crippen LogP contribution is -2.74. The number of aliphatic hydroxyl groups is 3. The number of aliphatic hydroxyl groups excluding tert-OH is 2. The van der Waals surface area contributed by atoms with Crippen LogP contribution >= 0.6 is 0 Å². The number of hydrogen-bond acceptors (Lipinski definition) is 7. The van der Waals surface area contributed by atoms with Crippen LogP contribution in [0.15, 0.2) is 41.5 Å². The summed E-state index contributed by atoms with van der Waals surface area (Å²) in [5, 5.41) is 35.1. The molecule has 8 unspecified atom stereocenters. The highest BCUT2D eigenvalue weighted by Gasteiger charge is 2.71. The Kier molecular flexibility index (Phi) is 5.37. The van der Waals surface area contributed by atoms with Gasteiger partial charge in [-0.15, -0.1) is 0 Å². The molecule has 3 N–H and O–H groups in total. The molecule has 2 saturated carbocycles. The lowest BCUT2D eigenvalue weighted by molar-refractivity contribution is -0.274. The van der Waals surface area contributed by atoms with Crippen LogP contribution in [0.5, 0.6) is 0 Å². The fourth-order valence-corrected chi connectivity index (χ4v) is 7.24. The van der Waals surface area contributed by atoms with Gasteiger partial charge in [0, 0.05) is 23.7 Å². The second-order valence-electron chi connectivity index (χ2n) is 11.3.